The van der Waals surface area contributed by atoms with Crippen LogP contribution in [0.4, 0.5) is 16.2 Å². The van der Waals surface area contributed by atoms with Gasteiger partial charge in [-0.3, -0.25) is 4.79 Å². The minimum absolute atomic E-state index is 0.0343. The van der Waals surface area contributed by atoms with Crippen LogP contribution in [0.1, 0.15) is 38.2 Å². The third-order valence-electron chi connectivity index (χ3n) is 6.08. The fourth-order valence-electron chi connectivity index (χ4n) is 4.09. The number of aromatic hydroxyl groups is 1. The number of phenols is 1. The van der Waals surface area contributed by atoms with Crippen LogP contribution in [0.2, 0.25) is 5.02 Å². The van der Waals surface area contributed by atoms with Crippen molar-refractivity contribution in [1.29, 1.82) is 0 Å². The third kappa shape index (κ3) is 5.34. The Balaban J connectivity index is 1.39. The van der Waals surface area contributed by atoms with Crippen LogP contribution in [0, 0.1) is 0 Å². The van der Waals surface area contributed by atoms with Crippen molar-refractivity contribution in [2.75, 3.05) is 17.2 Å². The Morgan fingerprint density at radius 2 is 1.56 bits per heavy atom. The molecular formula is C27H28ClN3O3. The van der Waals surface area contributed by atoms with Gasteiger partial charge >= 0.3 is 6.03 Å². The molecule has 1 heterocycles. The molecule has 4 rings (SSSR count). The van der Waals surface area contributed by atoms with E-state index in [-0.39, 0.29) is 22.7 Å². The zero-order chi connectivity index (χ0) is 24.2. The summed E-state index contributed by atoms with van der Waals surface area (Å²) in [6.45, 7) is 4.78. The number of carbonyl (C=O) groups excluding carboxylic acids is 2. The lowest BCUT2D eigenvalue weighted by Crippen LogP contribution is -2.45. The van der Waals surface area contributed by atoms with E-state index in [1.54, 1.807) is 23.1 Å². The number of likely N-dealkylation sites (tertiary alicyclic amines) is 1. The van der Waals surface area contributed by atoms with E-state index in [1.807, 2.05) is 48.5 Å². The number of nitrogens with zero attached hydrogens (tertiary/aromatic N) is 1. The molecule has 0 aliphatic carbocycles. The molecule has 3 N–H and O–H groups in total. The van der Waals surface area contributed by atoms with Crippen molar-refractivity contribution in [1.82, 2.24) is 4.90 Å². The van der Waals surface area contributed by atoms with Crippen molar-refractivity contribution in [2.24, 2.45) is 0 Å². The van der Waals surface area contributed by atoms with Crippen LogP contribution in [0.3, 0.4) is 0 Å². The first kappa shape index (κ1) is 23.6. The van der Waals surface area contributed by atoms with E-state index in [9.17, 15) is 14.7 Å². The van der Waals surface area contributed by atoms with E-state index >= 15 is 0 Å². The lowest BCUT2D eigenvalue weighted by atomic mass is 10.0. The fraction of sp³-hybridized carbons (Fsp3) is 0.259. The maximum absolute atomic E-state index is 13.0. The molecule has 34 heavy (non-hydrogen) atoms. The monoisotopic (exact) mass is 477 g/mol. The highest BCUT2D eigenvalue weighted by Gasteiger charge is 2.34. The minimum Gasteiger partial charge on any atom is -0.506 e. The summed E-state index contributed by atoms with van der Waals surface area (Å²) in [4.78, 5) is 27.4. The van der Waals surface area contributed by atoms with Crippen LogP contribution in [0.25, 0.3) is 11.1 Å². The normalized spacial score (nSPS) is 15.4. The van der Waals surface area contributed by atoms with Gasteiger partial charge in [0.2, 0.25) is 5.91 Å². The van der Waals surface area contributed by atoms with Crippen molar-refractivity contribution >= 4 is 34.9 Å². The maximum Gasteiger partial charge on any atom is 0.322 e. The average Bonchev–Trinajstić information content (AvgIpc) is 3.32. The summed E-state index contributed by atoms with van der Waals surface area (Å²) < 4.78 is 0. The number of nitrogens with one attached hydrogen (secondary N) is 2. The summed E-state index contributed by atoms with van der Waals surface area (Å²) in [5.41, 5.74) is 4.34. The van der Waals surface area contributed by atoms with Crippen molar-refractivity contribution in [3.05, 3.63) is 77.3 Å². The average molecular weight is 478 g/mol. The van der Waals surface area contributed by atoms with Gasteiger partial charge in [-0.15, -0.1) is 0 Å². The second-order valence-corrected chi connectivity index (χ2v) is 9.20. The number of hydrogen-bond donors (Lipinski definition) is 3. The molecule has 1 aliphatic rings. The smallest absolute Gasteiger partial charge is 0.322 e. The van der Waals surface area contributed by atoms with Crippen molar-refractivity contribution < 1.29 is 14.7 Å². The minimum atomic E-state index is -0.523. The van der Waals surface area contributed by atoms with Crippen LogP contribution >= 0.6 is 11.6 Å². The Morgan fingerprint density at radius 1 is 0.941 bits per heavy atom. The molecule has 0 radical (unpaired) electrons. The molecule has 3 aromatic carbocycles. The maximum atomic E-state index is 13.0. The number of rotatable bonds is 5. The van der Waals surface area contributed by atoms with Crippen LogP contribution in [0.5, 0.6) is 5.75 Å². The molecule has 0 spiro atoms. The number of urea groups is 1. The Bertz CT molecular complexity index is 1180. The first-order chi connectivity index (χ1) is 16.3. The molecule has 0 bridgehead atoms. The first-order valence-corrected chi connectivity index (χ1v) is 11.8. The predicted octanol–water partition coefficient (Wildman–Crippen LogP) is 6.47. The molecule has 0 aromatic heterocycles. The van der Waals surface area contributed by atoms with E-state index in [4.69, 9.17) is 11.6 Å². The van der Waals surface area contributed by atoms with E-state index in [0.29, 0.717) is 30.3 Å². The number of benzene rings is 3. The van der Waals surface area contributed by atoms with Gasteiger partial charge in [-0.25, -0.2) is 4.79 Å². The number of carbonyl (C=O) groups is 2. The van der Waals surface area contributed by atoms with Crippen LogP contribution < -0.4 is 10.6 Å². The van der Waals surface area contributed by atoms with Gasteiger partial charge in [-0.05, 0) is 71.8 Å². The Morgan fingerprint density at radius 3 is 2.21 bits per heavy atom. The number of hydrogen-bond acceptors (Lipinski definition) is 3. The van der Waals surface area contributed by atoms with E-state index in [2.05, 4.69) is 24.5 Å². The fourth-order valence-corrected chi connectivity index (χ4v) is 4.27. The van der Waals surface area contributed by atoms with Gasteiger partial charge in [0.15, 0.2) is 0 Å². The zero-order valence-corrected chi connectivity index (χ0v) is 20.0. The number of halogens is 1. The summed E-state index contributed by atoms with van der Waals surface area (Å²) in [6, 6.07) is 19.4. The molecule has 1 saturated heterocycles. The van der Waals surface area contributed by atoms with Gasteiger partial charge < -0.3 is 20.6 Å². The van der Waals surface area contributed by atoms with Gasteiger partial charge in [-0.2, -0.15) is 0 Å². The third-order valence-corrected chi connectivity index (χ3v) is 6.38. The predicted molar refractivity (Wildman–Crippen MR) is 136 cm³/mol. The van der Waals surface area contributed by atoms with E-state index in [0.717, 1.165) is 17.5 Å². The molecule has 0 saturated carbocycles. The number of phenolic OH excluding ortho intramolecular Hbond substituents is 1. The molecule has 6 nitrogen and oxygen atoms in total. The molecular weight excluding hydrogens is 450 g/mol. The van der Waals surface area contributed by atoms with Gasteiger partial charge in [0, 0.05) is 17.9 Å². The van der Waals surface area contributed by atoms with Crippen LogP contribution in [-0.2, 0) is 4.79 Å². The second kappa shape index (κ2) is 10.2. The lowest BCUT2D eigenvalue weighted by molar-refractivity contribution is -0.119. The van der Waals surface area contributed by atoms with E-state index < -0.39 is 6.04 Å². The molecule has 0 unspecified atom stereocenters. The van der Waals surface area contributed by atoms with Gasteiger partial charge in [0.25, 0.3) is 0 Å². The Labute approximate surface area is 204 Å². The SMILES string of the molecule is CC(C)c1ccc(NC(=O)N2CCC[C@@H]2C(=O)Nc2ccc(-c3ccc(O)c(Cl)c3)cc2)cc1. The zero-order valence-electron chi connectivity index (χ0n) is 19.2. The van der Waals surface area contributed by atoms with E-state index in [1.165, 1.54) is 5.56 Å². The summed E-state index contributed by atoms with van der Waals surface area (Å²) >= 11 is 6.00. The van der Waals surface area contributed by atoms with Crippen LogP contribution in [0.15, 0.2) is 66.7 Å². The molecule has 1 fully saturated rings. The summed E-state index contributed by atoms with van der Waals surface area (Å²) in [5, 5.41) is 15.7. The summed E-state index contributed by atoms with van der Waals surface area (Å²) in [6.07, 6.45) is 1.40. The van der Waals surface area contributed by atoms with Crippen molar-refractivity contribution in [3.63, 3.8) is 0 Å². The second-order valence-electron chi connectivity index (χ2n) is 8.79. The highest BCUT2D eigenvalue weighted by Crippen LogP contribution is 2.30. The summed E-state index contributed by atoms with van der Waals surface area (Å²) in [5.74, 6) is 0.250. The molecule has 1 atom stereocenters. The van der Waals surface area contributed by atoms with Crippen molar-refractivity contribution in [3.8, 4) is 16.9 Å². The standard InChI is InChI=1S/C27H28ClN3O3/c1-17(2)18-5-10-22(11-6-18)30-27(34)31-15-3-4-24(31)26(33)29-21-12-7-19(8-13-21)20-9-14-25(32)23(28)16-20/h5-14,16-17,24,32H,3-4,15H2,1-2H3,(H,29,33)(H,30,34)/t24-/m1/s1. The molecule has 1 aliphatic heterocycles. The Kier molecular flexibility index (Phi) is 7.08. The van der Waals surface area contributed by atoms with Crippen LogP contribution in [-0.4, -0.2) is 34.5 Å². The molecule has 3 amide bonds. The van der Waals surface area contributed by atoms with Gasteiger partial charge in [0.05, 0.1) is 5.02 Å². The Hall–Kier alpha value is -3.51. The van der Waals surface area contributed by atoms with Crippen molar-refractivity contribution in [2.45, 2.75) is 38.6 Å². The first-order valence-electron chi connectivity index (χ1n) is 11.4. The van der Waals surface area contributed by atoms with Gasteiger partial charge in [-0.1, -0.05) is 55.8 Å². The largest absolute Gasteiger partial charge is 0.506 e. The highest BCUT2D eigenvalue weighted by molar-refractivity contribution is 6.32. The molecule has 3 aromatic rings. The summed E-state index contributed by atoms with van der Waals surface area (Å²) in [7, 11) is 0. The van der Waals surface area contributed by atoms with Gasteiger partial charge in [0.1, 0.15) is 11.8 Å². The highest BCUT2D eigenvalue weighted by atomic mass is 35.5. The molecule has 176 valence electrons. The topological polar surface area (TPSA) is 81.7 Å². The number of amides is 3. The quantitative estimate of drug-likeness (QED) is 0.393. The molecule has 7 heteroatoms. The number of anilines is 2. The lowest BCUT2D eigenvalue weighted by Gasteiger charge is -2.24.